The van der Waals surface area contributed by atoms with Crippen LogP contribution >= 0.6 is 11.6 Å². The summed E-state index contributed by atoms with van der Waals surface area (Å²) in [5.74, 6) is 0.105. The van der Waals surface area contributed by atoms with E-state index < -0.39 is 0 Å². The highest BCUT2D eigenvalue weighted by molar-refractivity contribution is 6.31. The van der Waals surface area contributed by atoms with Gasteiger partial charge in [-0.15, -0.1) is 0 Å². The molecule has 98 valence electrons. The van der Waals surface area contributed by atoms with Gasteiger partial charge in [-0.3, -0.25) is 4.79 Å². The monoisotopic (exact) mass is 272 g/mol. The summed E-state index contributed by atoms with van der Waals surface area (Å²) in [7, 11) is 0. The van der Waals surface area contributed by atoms with Crippen molar-refractivity contribution >= 4 is 17.4 Å². The molecule has 0 aliphatic carbocycles. The van der Waals surface area contributed by atoms with Crippen LogP contribution in [0, 0.1) is 20.8 Å². The predicted molar refractivity (Wildman–Crippen MR) is 80.1 cm³/mol. The zero-order valence-corrected chi connectivity index (χ0v) is 12.2. The number of hydrogen-bond acceptors (Lipinski definition) is 1. The van der Waals surface area contributed by atoms with Gasteiger partial charge in [0.05, 0.1) is 0 Å². The Morgan fingerprint density at radius 2 is 1.74 bits per heavy atom. The summed E-state index contributed by atoms with van der Waals surface area (Å²) in [5.41, 5.74) is 5.08. The molecule has 2 aromatic rings. The Labute approximate surface area is 119 Å². The van der Waals surface area contributed by atoms with Crippen LogP contribution in [-0.2, 0) is 6.42 Å². The van der Waals surface area contributed by atoms with E-state index in [0.29, 0.717) is 11.4 Å². The van der Waals surface area contributed by atoms with Crippen LogP contribution in [0.3, 0.4) is 0 Å². The minimum atomic E-state index is 0.105. The summed E-state index contributed by atoms with van der Waals surface area (Å²) >= 11 is 6.17. The molecule has 19 heavy (non-hydrogen) atoms. The van der Waals surface area contributed by atoms with Crippen LogP contribution in [0.5, 0.6) is 0 Å². The van der Waals surface area contributed by atoms with Crippen LogP contribution in [0.2, 0.25) is 5.02 Å². The van der Waals surface area contributed by atoms with Gasteiger partial charge in [0.1, 0.15) is 0 Å². The van der Waals surface area contributed by atoms with Crippen LogP contribution in [0.4, 0.5) is 0 Å². The Kier molecular flexibility index (Phi) is 4.06. The number of halogens is 1. The maximum Gasteiger partial charge on any atom is 0.167 e. The Bertz CT molecular complexity index is 629. The number of carbonyl (C=O) groups is 1. The highest BCUT2D eigenvalue weighted by Gasteiger charge is 2.10. The minimum absolute atomic E-state index is 0.105. The van der Waals surface area contributed by atoms with Crippen molar-refractivity contribution in [1.82, 2.24) is 0 Å². The lowest BCUT2D eigenvalue weighted by atomic mass is 9.99. The molecule has 0 atom stereocenters. The molecule has 0 aliphatic heterocycles. The summed E-state index contributed by atoms with van der Waals surface area (Å²) in [6.45, 7) is 6.05. The lowest BCUT2D eigenvalue weighted by Gasteiger charge is -2.07. The maximum atomic E-state index is 12.3. The molecule has 0 spiro atoms. The first-order chi connectivity index (χ1) is 8.97. The molecule has 0 fully saturated rings. The second-order valence-corrected chi connectivity index (χ2v) is 5.40. The molecule has 0 radical (unpaired) electrons. The number of rotatable bonds is 3. The standard InChI is InChI=1S/C17H17ClO/c1-11-4-6-14(16(18)8-11)10-17(19)15-7-5-12(2)13(3)9-15/h4-9H,10H2,1-3H3. The molecular weight excluding hydrogens is 256 g/mol. The molecule has 0 heterocycles. The van der Waals surface area contributed by atoms with Crippen LogP contribution in [0.25, 0.3) is 0 Å². The van der Waals surface area contributed by atoms with Gasteiger partial charge in [0.15, 0.2) is 5.78 Å². The zero-order chi connectivity index (χ0) is 14.0. The van der Waals surface area contributed by atoms with E-state index in [2.05, 4.69) is 0 Å². The van der Waals surface area contributed by atoms with E-state index in [1.807, 2.05) is 57.2 Å². The SMILES string of the molecule is Cc1ccc(CC(=O)c2ccc(C)c(C)c2)c(Cl)c1. The summed E-state index contributed by atoms with van der Waals surface area (Å²) in [6.07, 6.45) is 0.349. The molecule has 0 amide bonds. The third-order valence-corrected chi connectivity index (χ3v) is 3.74. The Hall–Kier alpha value is -1.60. The lowest BCUT2D eigenvalue weighted by molar-refractivity contribution is 0.0993. The van der Waals surface area contributed by atoms with Gasteiger partial charge in [0.2, 0.25) is 0 Å². The first kappa shape index (κ1) is 13.8. The van der Waals surface area contributed by atoms with Crippen molar-refractivity contribution in [1.29, 1.82) is 0 Å². The average Bonchev–Trinajstić information content (AvgIpc) is 2.36. The molecule has 0 N–H and O–H groups in total. The van der Waals surface area contributed by atoms with Crippen molar-refractivity contribution in [2.45, 2.75) is 27.2 Å². The second kappa shape index (κ2) is 5.58. The van der Waals surface area contributed by atoms with Gasteiger partial charge in [-0.2, -0.15) is 0 Å². The molecule has 0 bridgehead atoms. The van der Waals surface area contributed by atoms with Crippen molar-refractivity contribution in [3.8, 4) is 0 Å². The van der Waals surface area contributed by atoms with E-state index in [1.54, 1.807) is 0 Å². The molecule has 2 rings (SSSR count). The third kappa shape index (κ3) is 3.24. The average molecular weight is 273 g/mol. The fourth-order valence-corrected chi connectivity index (χ4v) is 2.29. The number of hydrogen-bond donors (Lipinski definition) is 0. The number of aryl methyl sites for hydroxylation is 3. The van der Waals surface area contributed by atoms with E-state index in [-0.39, 0.29) is 5.78 Å². The molecule has 0 unspecified atom stereocenters. The van der Waals surface area contributed by atoms with E-state index in [1.165, 1.54) is 5.56 Å². The molecular formula is C17H17ClO. The van der Waals surface area contributed by atoms with E-state index in [4.69, 9.17) is 11.6 Å². The van der Waals surface area contributed by atoms with Gasteiger partial charge in [0, 0.05) is 17.0 Å². The van der Waals surface area contributed by atoms with Crippen molar-refractivity contribution in [3.05, 3.63) is 69.2 Å². The van der Waals surface area contributed by atoms with Gasteiger partial charge in [-0.1, -0.05) is 35.9 Å². The molecule has 0 aromatic heterocycles. The van der Waals surface area contributed by atoms with Gasteiger partial charge < -0.3 is 0 Å². The predicted octanol–water partition coefficient (Wildman–Crippen LogP) is 4.69. The summed E-state index contributed by atoms with van der Waals surface area (Å²) in [6, 6.07) is 11.6. The highest BCUT2D eigenvalue weighted by Crippen LogP contribution is 2.20. The maximum absolute atomic E-state index is 12.3. The van der Waals surface area contributed by atoms with Crippen molar-refractivity contribution in [2.75, 3.05) is 0 Å². The Morgan fingerprint density at radius 1 is 1.00 bits per heavy atom. The van der Waals surface area contributed by atoms with Crippen LogP contribution in [0.1, 0.15) is 32.6 Å². The molecule has 2 aromatic carbocycles. The van der Waals surface area contributed by atoms with Gasteiger partial charge in [0.25, 0.3) is 0 Å². The van der Waals surface area contributed by atoms with Crippen molar-refractivity contribution in [3.63, 3.8) is 0 Å². The number of benzene rings is 2. The first-order valence-corrected chi connectivity index (χ1v) is 6.70. The van der Waals surface area contributed by atoms with Crippen LogP contribution < -0.4 is 0 Å². The summed E-state index contributed by atoms with van der Waals surface area (Å²) in [5, 5.41) is 0.664. The molecule has 0 saturated carbocycles. The third-order valence-electron chi connectivity index (χ3n) is 3.39. The van der Waals surface area contributed by atoms with Crippen LogP contribution in [0.15, 0.2) is 36.4 Å². The summed E-state index contributed by atoms with van der Waals surface area (Å²) < 4.78 is 0. The van der Waals surface area contributed by atoms with Gasteiger partial charge in [-0.05, 0) is 55.2 Å². The van der Waals surface area contributed by atoms with Gasteiger partial charge >= 0.3 is 0 Å². The van der Waals surface area contributed by atoms with E-state index in [9.17, 15) is 4.79 Å². The van der Waals surface area contributed by atoms with Crippen LogP contribution in [-0.4, -0.2) is 5.78 Å². The molecule has 2 heteroatoms. The quantitative estimate of drug-likeness (QED) is 0.741. The Balaban J connectivity index is 2.23. The fraction of sp³-hybridized carbons (Fsp3) is 0.235. The molecule has 0 aliphatic rings. The highest BCUT2D eigenvalue weighted by atomic mass is 35.5. The zero-order valence-electron chi connectivity index (χ0n) is 11.5. The number of ketones is 1. The molecule has 0 saturated heterocycles. The molecule has 1 nitrogen and oxygen atoms in total. The number of Topliss-reactive ketones (excluding diaryl/α,β-unsaturated/α-hetero) is 1. The van der Waals surface area contributed by atoms with E-state index >= 15 is 0 Å². The fourth-order valence-electron chi connectivity index (χ4n) is 1.99. The second-order valence-electron chi connectivity index (χ2n) is 4.99. The topological polar surface area (TPSA) is 17.1 Å². The summed E-state index contributed by atoms with van der Waals surface area (Å²) in [4.78, 5) is 12.3. The number of carbonyl (C=O) groups excluding carboxylic acids is 1. The van der Waals surface area contributed by atoms with E-state index in [0.717, 1.165) is 22.3 Å². The van der Waals surface area contributed by atoms with Gasteiger partial charge in [-0.25, -0.2) is 0 Å². The largest absolute Gasteiger partial charge is 0.294 e. The Morgan fingerprint density at radius 3 is 2.37 bits per heavy atom. The first-order valence-electron chi connectivity index (χ1n) is 6.33. The minimum Gasteiger partial charge on any atom is -0.294 e. The van der Waals surface area contributed by atoms with Crippen molar-refractivity contribution < 1.29 is 4.79 Å². The smallest absolute Gasteiger partial charge is 0.167 e. The normalized spacial score (nSPS) is 10.5. The lowest BCUT2D eigenvalue weighted by Crippen LogP contribution is -2.04. The van der Waals surface area contributed by atoms with Crippen molar-refractivity contribution in [2.24, 2.45) is 0 Å².